The van der Waals surface area contributed by atoms with Crippen molar-refractivity contribution in [2.75, 3.05) is 19.9 Å². The van der Waals surface area contributed by atoms with Gasteiger partial charge in [0.2, 0.25) is 6.79 Å². The molecule has 0 saturated heterocycles. The number of thiazole rings is 1. The summed E-state index contributed by atoms with van der Waals surface area (Å²) in [5.74, 6) is 1.61. The van der Waals surface area contributed by atoms with Gasteiger partial charge in [-0.15, -0.1) is 11.3 Å². The molecule has 1 aliphatic heterocycles. The zero-order valence-corrected chi connectivity index (χ0v) is 18.0. The van der Waals surface area contributed by atoms with E-state index in [0.717, 1.165) is 5.01 Å². The molecule has 156 valence electrons. The molecule has 0 aliphatic carbocycles. The lowest BCUT2D eigenvalue weighted by Crippen LogP contribution is -2.33. The van der Waals surface area contributed by atoms with Gasteiger partial charge in [0.1, 0.15) is 10.7 Å². The number of amides is 2. The van der Waals surface area contributed by atoms with Crippen LogP contribution in [0.3, 0.4) is 0 Å². The second-order valence-electron chi connectivity index (χ2n) is 7.88. The molecule has 2 heterocycles. The van der Waals surface area contributed by atoms with E-state index < -0.39 is 0 Å². The SMILES string of the molecule is CC(C)CNC(=O)c1csc(CN(CC(C)C)C(=O)c2ccc3c(c2)OCO3)n1. The van der Waals surface area contributed by atoms with Gasteiger partial charge in [0.25, 0.3) is 11.8 Å². The summed E-state index contributed by atoms with van der Waals surface area (Å²) in [7, 11) is 0. The van der Waals surface area contributed by atoms with Crippen LogP contribution in [0.15, 0.2) is 23.6 Å². The molecule has 0 spiro atoms. The fraction of sp³-hybridized carbons (Fsp3) is 0.476. The minimum atomic E-state index is -0.182. The fourth-order valence-corrected chi connectivity index (χ4v) is 3.70. The molecule has 1 aliphatic rings. The number of nitrogens with zero attached hydrogens (tertiary/aromatic N) is 2. The molecular weight excluding hydrogens is 390 g/mol. The molecule has 1 aromatic carbocycles. The van der Waals surface area contributed by atoms with Crippen molar-refractivity contribution in [3.63, 3.8) is 0 Å². The standard InChI is InChI=1S/C21H27N3O4S/c1-13(2)8-22-20(25)16-11-29-19(23-16)10-24(9-14(3)4)21(26)15-5-6-17-18(7-15)28-12-27-17/h5-7,11,13-14H,8-10,12H2,1-4H3,(H,22,25). The van der Waals surface area contributed by atoms with Gasteiger partial charge in [-0.05, 0) is 30.0 Å². The first-order chi connectivity index (χ1) is 13.8. The second kappa shape index (κ2) is 9.26. The normalized spacial score (nSPS) is 12.5. The van der Waals surface area contributed by atoms with E-state index in [9.17, 15) is 9.59 Å². The van der Waals surface area contributed by atoms with Crippen molar-refractivity contribution in [3.8, 4) is 11.5 Å². The lowest BCUT2D eigenvalue weighted by Gasteiger charge is -2.24. The van der Waals surface area contributed by atoms with Crippen molar-refractivity contribution >= 4 is 23.2 Å². The molecule has 0 fully saturated rings. The molecule has 0 saturated carbocycles. The van der Waals surface area contributed by atoms with Crippen molar-refractivity contribution in [2.24, 2.45) is 11.8 Å². The molecule has 3 rings (SSSR count). The first kappa shape index (κ1) is 21.1. The summed E-state index contributed by atoms with van der Waals surface area (Å²) in [4.78, 5) is 31.5. The highest BCUT2D eigenvalue weighted by molar-refractivity contribution is 7.09. The molecule has 0 unspecified atom stereocenters. The Morgan fingerprint density at radius 3 is 2.66 bits per heavy atom. The number of fused-ring (bicyclic) bond motifs is 1. The minimum absolute atomic E-state index is 0.0991. The van der Waals surface area contributed by atoms with Crippen molar-refractivity contribution in [1.29, 1.82) is 0 Å². The molecule has 1 N–H and O–H groups in total. The molecule has 0 atom stereocenters. The van der Waals surface area contributed by atoms with Gasteiger partial charge in [0.15, 0.2) is 11.5 Å². The molecule has 8 heteroatoms. The fourth-order valence-electron chi connectivity index (χ4n) is 2.91. The summed E-state index contributed by atoms with van der Waals surface area (Å²) >= 11 is 1.39. The summed E-state index contributed by atoms with van der Waals surface area (Å²) in [6, 6.07) is 5.21. The van der Waals surface area contributed by atoms with Crippen LogP contribution in [0.2, 0.25) is 0 Å². The summed E-state index contributed by atoms with van der Waals surface area (Å²) in [6.45, 7) is 9.92. The van der Waals surface area contributed by atoms with Crippen LogP contribution in [0.1, 0.15) is 53.5 Å². The summed E-state index contributed by atoms with van der Waals surface area (Å²) in [6.07, 6.45) is 0. The van der Waals surface area contributed by atoms with Crippen LogP contribution >= 0.6 is 11.3 Å². The lowest BCUT2D eigenvalue weighted by atomic mass is 10.1. The predicted molar refractivity (Wildman–Crippen MR) is 111 cm³/mol. The maximum absolute atomic E-state index is 13.1. The van der Waals surface area contributed by atoms with Crippen LogP contribution in [0, 0.1) is 11.8 Å². The second-order valence-corrected chi connectivity index (χ2v) is 8.82. The van der Waals surface area contributed by atoms with Gasteiger partial charge in [0, 0.05) is 24.0 Å². The zero-order valence-electron chi connectivity index (χ0n) is 17.2. The molecule has 29 heavy (non-hydrogen) atoms. The van der Waals surface area contributed by atoms with E-state index in [4.69, 9.17) is 9.47 Å². The third-order valence-electron chi connectivity index (χ3n) is 4.27. The van der Waals surface area contributed by atoms with Gasteiger partial charge < -0.3 is 19.7 Å². The van der Waals surface area contributed by atoms with Crippen LogP contribution in [0.4, 0.5) is 0 Å². The minimum Gasteiger partial charge on any atom is -0.454 e. The number of carbonyl (C=O) groups is 2. The maximum Gasteiger partial charge on any atom is 0.270 e. The van der Waals surface area contributed by atoms with Crippen LogP contribution in [-0.2, 0) is 6.54 Å². The number of aromatic nitrogens is 1. The Balaban J connectivity index is 1.72. The number of carbonyl (C=O) groups excluding carboxylic acids is 2. The average molecular weight is 418 g/mol. The van der Waals surface area contributed by atoms with E-state index in [1.165, 1.54) is 11.3 Å². The van der Waals surface area contributed by atoms with Gasteiger partial charge in [-0.3, -0.25) is 9.59 Å². The van der Waals surface area contributed by atoms with Gasteiger partial charge in [-0.2, -0.15) is 0 Å². The highest BCUT2D eigenvalue weighted by Gasteiger charge is 2.22. The quantitative estimate of drug-likeness (QED) is 0.710. The van der Waals surface area contributed by atoms with E-state index in [1.807, 2.05) is 13.8 Å². The van der Waals surface area contributed by atoms with E-state index in [2.05, 4.69) is 24.1 Å². The number of hydrogen-bond acceptors (Lipinski definition) is 6. The Kier molecular flexibility index (Phi) is 6.74. The summed E-state index contributed by atoms with van der Waals surface area (Å²) in [5, 5.41) is 5.34. The topological polar surface area (TPSA) is 80.8 Å². The van der Waals surface area contributed by atoms with Gasteiger partial charge >= 0.3 is 0 Å². The number of benzene rings is 1. The van der Waals surface area contributed by atoms with Crippen molar-refractivity contribution in [2.45, 2.75) is 34.2 Å². The van der Waals surface area contributed by atoms with E-state index in [-0.39, 0.29) is 18.6 Å². The van der Waals surface area contributed by atoms with E-state index in [0.29, 0.717) is 54.2 Å². The van der Waals surface area contributed by atoms with Gasteiger partial charge in [-0.25, -0.2) is 4.98 Å². The molecule has 2 aromatic rings. The molecule has 2 amide bonds. The van der Waals surface area contributed by atoms with Crippen LogP contribution in [0.25, 0.3) is 0 Å². The molecule has 7 nitrogen and oxygen atoms in total. The predicted octanol–water partition coefficient (Wildman–Crippen LogP) is 3.56. The third-order valence-corrected chi connectivity index (χ3v) is 5.11. The number of hydrogen-bond donors (Lipinski definition) is 1. The number of ether oxygens (including phenoxy) is 2. The first-order valence-corrected chi connectivity index (χ1v) is 10.6. The van der Waals surface area contributed by atoms with Gasteiger partial charge in [-0.1, -0.05) is 27.7 Å². The molecule has 0 bridgehead atoms. The molecule has 1 aromatic heterocycles. The van der Waals surface area contributed by atoms with E-state index in [1.54, 1.807) is 28.5 Å². The summed E-state index contributed by atoms with van der Waals surface area (Å²) in [5.41, 5.74) is 0.937. The zero-order chi connectivity index (χ0) is 21.0. The lowest BCUT2D eigenvalue weighted by molar-refractivity contribution is 0.0722. The highest BCUT2D eigenvalue weighted by Crippen LogP contribution is 2.33. The first-order valence-electron chi connectivity index (χ1n) is 9.75. The highest BCUT2D eigenvalue weighted by atomic mass is 32.1. The molecule has 0 radical (unpaired) electrons. The van der Waals surface area contributed by atoms with Crippen LogP contribution < -0.4 is 14.8 Å². The Morgan fingerprint density at radius 1 is 1.17 bits per heavy atom. The maximum atomic E-state index is 13.1. The monoisotopic (exact) mass is 417 g/mol. The van der Waals surface area contributed by atoms with Crippen molar-refractivity contribution in [1.82, 2.24) is 15.2 Å². The Morgan fingerprint density at radius 2 is 1.93 bits per heavy atom. The van der Waals surface area contributed by atoms with Crippen LogP contribution in [0.5, 0.6) is 11.5 Å². The van der Waals surface area contributed by atoms with Crippen LogP contribution in [-0.4, -0.2) is 41.6 Å². The largest absolute Gasteiger partial charge is 0.454 e. The molecular formula is C21H27N3O4S. The number of rotatable bonds is 8. The third kappa shape index (κ3) is 5.47. The Hall–Kier alpha value is -2.61. The number of nitrogens with one attached hydrogen (secondary N) is 1. The summed E-state index contributed by atoms with van der Waals surface area (Å²) < 4.78 is 10.7. The van der Waals surface area contributed by atoms with Crippen molar-refractivity contribution in [3.05, 3.63) is 39.8 Å². The van der Waals surface area contributed by atoms with E-state index >= 15 is 0 Å². The van der Waals surface area contributed by atoms with Crippen molar-refractivity contribution < 1.29 is 19.1 Å². The Bertz CT molecular complexity index is 879. The smallest absolute Gasteiger partial charge is 0.270 e. The average Bonchev–Trinajstić information content (AvgIpc) is 3.33. The van der Waals surface area contributed by atoms with Gasteiger partial charge in [0.05, 0.1) is 6.54 Å². The Labute approximate surface area is 175 Å².